The Bertz CT molecular complexity index is 638. The number of hydrogen-bond acceptors (Lipinski definition) is 4. The summed E-state index contributed by atoms with van der Waals surface area (Å²) in [6.45, 7) is 10.9. The van der Waals surface area contributed by atoms with Gasteiger partial charge in [-0.15, -0.1) is 0 Å². The number of anilines is 2. The summed E-state index contributed by atoms with van der Waals surface area (Å²) < 4.78 is 6.70. The number of hydrogen-bond donors (Lipinski definition) is 0. The van der Waals surface area contributed by atoms with Gasteiger partial charge in [-0.05, 0) is 74.8 Å². The number of benzene rings is 1. The summed E-state index contributed by atoms with van der Waals surface area (Å²) in [6, 6.07) is 7.98. The fourth-order valence-electron chi connectivity index (χ4n) is 2.30. The molecule has 0 aliphatic rings. The Morgan fingerprint density at radius 2 is 1.77 bits per heavy atom. The molecule has 0 atom stereocenters. The lowest BCUT2D eigenvalue weighted by Crippen LogP contribution is -2.20. The van der Waals surface area contributed by atoms with Gasteiger partial charge < -0.3 is 9.64 Å². The number of rotatable bonds is 5. The van der Waals surface area contributed by atoms with Gasteiger partial charge in [0.25, 0.3) is 0 Å². The van der Waals surface area contributed by atoms with Crippen molar-refractivity contribution >= 4 is 27.6 Å². The SMILES string of the molecule is CCN(c1nc(C)cc(C)n1)c1ccc(OC(C)C)cc1Br. The van der Waals surface area contributed by atoms with E-state index >= 15 is 0 Å². The molecule has 0 bridgehead atoms. The molecule has 2 rings (SSSR count). The minimum atomic E-state index is 0.155. The van der Waals surface area contributed by atoms with Gasteiger partial charge in [0.1, 0.15) is 5.75 Å². The molecule has 118 valence electrons. The molecule has 0 spiro atoms. The van der Waals surface area contributed by atoms with Crippen LogP contribution in [0, 0.1) is 13.8 Å². The molecule has 1 heterocycles. The maximum absolute atomic E-state index is 5.73. The number of ether oxygens (including phenoxy) is 1. The van der Waals surface area contributed by atoms with E-state index in [2.05, 4.69) is 37.7 Å². The summed E-state index contributed by atoms with van der Waals surface area (Å²) in [6.07, 6.45) is 0.155. The Balaban J connectivity index is 2.38. The number of aromatic nitrogens is 2. The van der Waals surface area contributed by atoms with Gasteiger partial charge in [0.2, 0.25) is 5.95 Å². The van der Waals surface area contributed by atoms with Crippen molar-refractivity contribution < 1.29 is 4.74 Å². The van der Waals surface area contributed by atoms with Crippen molar-refractivity contribution in [3.63, 3.8) is 0 Å². The first kappa shape index (κ1) is 16.7. The lowest BCUT2D eigenvalue weighted by molar-refractivity contribution is 0.242. The van der Waals surface area contributed by atoms with Crippen molar-refractivity contribution in [2.24, 2.45) is 0 Å². The van der Waals surface area contributed by atoms with E-state index in [9.17, 15) is 0 Å². The Labute approximate surface area is 140 Å². The molecule has 5 heteroatoms. The van der Waals surface area contributed by atoms with Gasteiger partial charge in [0.05, 0.1) is 11.8 Å². The van der Waals surface area contributed by atoms with Crippen LogP contribution >= 0.6 is 15.9 Å². The second-order valence-electron chi connectivity index (χ2n) is 5.47. The predicted octanol–water partition coefficient (Wildman–Crippen LogP) is 4.80. The number of nitrogens with zero attached hydrogens (tertiary/aromatic N) is 3. The summed E-state index contributed by atoms with van der Waals surface area (Å²) >= 11 is 3.64. The van der Waals surface area contributed by atoms with Crippen molar-refractivity contribution in [1.82, 2.24) is 9.97 Å². The highest BCUT2D eigenvalue weighted by Gasteiger charge is 2.15. The zero-order valence-corrected chi connectivity index (χ0v) is 15.3. The largest absolute Gasteiger partial charge is 0.491 e. The molecule has 0 saturated heterocycles. The predicted molar refractivity (Wildman–Crippen MR) is 94.1 cm³/mol. The van der Waals surface area contributed by atoms with Crippen LogP contribution in [-0.2, 0) is 0 Å². The van der Waals surface area contributed by atoms with E-state index in [1.165, 1.54) is 0 Å². The van der Waals surface area contributed by atoms with Crippen LogP contribution in [0.4, 0.5) is 11.6 Å². The van der Waals surface area contributed by atoms with E-state index in [4.69, 9.17) is 4.74 Å². The molecule has 0 fully saturated rings. The highest BCUT2D eigenvalue weighted by Crippen LogP contribution is 2.33. The lowest BCUT2D eigenvalue weighted by atomic mass is 10.2. The van der Waals surface area contributed by atoms with Crippen molar-refractivity contribution in [2.75, 3.05) is 11.4 Å². The Hall–Kier alpha value is -1.62. The van der Waals surface area contributed by atoms with Crippen molar-refractivity contribution in [2.45, 2.75) is 40.7 Å². The lowest BCUT2D eigenvalue weighted by Gasteiger charge is -2.23. The van der Waals surface area contributed by atoms with E-state index in [-0.39, 0.29) is 6.10 Å². The normalized spacial score (nSPS) is 10.9. The van der Waals surface area contributed by atoms with Gasteiger partial charge in [0, 0.05) is 22.4 Å². The first-order valence-corrected chi connectivity index (χ1v) is 8.26. The molecule has 0 saturated carbocycles. The highest BCUT2D eigenvalue weighted by atomic mass is 79.9. The third-order valence-corrected chi connectivity index (χ3v) is 3.75. The maximum Gasteiger partial charge on any atom is 0.230 e. The quantitative estimate of drug-likeness (QED) is 0.764. The van der Waals surface area contributed by atoms with Gasteiger partial charge in [0.15, 0.2) is 0 Å². The molecular weight excluding hydrogens is 342 g/mol. The molecule has 0 aliphatic heterocycles. The van der Waals surface area contributed by atoms with Gasteiger partial charge in [-0.1, -0.05) is 0 Å². The number of aryl methyl sites for hydroxylation is 2. The van der Waals surface area contributed by atoms with Crippen LogP contribution in [-0.4, -0.2) is 22.6 Å². The summed E-state index contributed by atoms with van der Waals surface area (Å²) in [4.78, 5) is 11.2. The van der Waals surface area contributed by atoms with E-state index < -0.39 is 0 Å². The molecule has 1 aromatic carbocycles. The van der Waals surface area contributed by atoms with E-state index in [0.29, 0.717) is 0 Å². The topological polar surface area (TPSA) is 38.2 Å². The average Bonchev–Trinajstić information content (AvgIpc) is 2.40. The Morgan fingerprint density at radius 1 is 1.14 bits per heavy atom. The fraction of sp³-hybridized carbons (Fsp3) is 0.412. The van der Waals surface area contributed by atoms with Crippen LogP contribution < -0.4 is 9.64 Å². The standard InChI is InChI=1S/C17H22BrN3O/c1-6-21(17-19-12(4)9-13(5)20-17)16-8-7-14(10-15(16)18)22-11(2)3/h7-11H,6H2,1-5H3. The van der Waals surface area contributed by atoms with E-state index in [1.54, 1.807) is 0 Å². The van der Waals surface area contributed by atoms with Crippen molar-refractivity contribution in [3.05, 3.63) is 40.1 Å². The molecule has 1 aromatic heterocycles. The van der Waals surface area contributed by atoms with Gasteiger partial charge in [-0.25, -0.2) is 9.97 Å². The van der Waals surface area contributed by atoms with E-state index in [0.717, 1.165) is 39.8 Å². The second kappa shape index (κ2) is 7.09. The summed E-state index contributed by atoms with van der Waals surface area (Å²) in [5.74, 6) is 1.57. The summed E-state index contributed by atoms with van der Waals surface area (Å²) in [5, 5.41) is 0. The zero-order chi connectivity index (χ0) is 16.3. The van der Waals surface area contributed by atoms with Crippen LogP contribution in [0.2, 0.25) is 0 Å². The summed E-state index contributed by atoms with van der Waals surface area (Å²) in [7, 11) is 0. The molecular formula is C17H22BrN3O. The van der Waals surface area contributed by atoms with Crippen molar-refractivity contribution in [1.29, 1.82) is 0 Å². The van der Waals surface area contributed by atoms with Crippen LogP contribution in [0.5, 0.6) is 5.75 Å². The fourth-order valence-corrected chi connectivity index (χ4v) is 2.87. The molecule has 0 amide bonds. The van der Waals surface area contributed by atoms with Crippen LogP contribution in [0.3, 0.4) is 0 Å². The monoisotopic (exact) mass is 363 g/mol. The van der Waals surface area contributed by atoms with Crippen LogP contribution in [0.15, 0.2) is 28.7 Å². The third kappa shape index (κ3) is 3.97. The second-order valence-corrected chi connectivity index (χ2v) is 6.33. The van der Waals surface area contributed by atoms with Gasteiger partial charge in [-0.2, -0.15) is 0 Å². The first-order chi connectivity index (χ1) is 10.4. The average molecular weight is 364 g/mol. The Kier molecular flexibility index (Phi) is 5.40. The smallest absolute Gasteiger partial charge is 0.230 e. The first-order valence-electron chi connectivity index (χ1n) is 7.46. The van der Waals surface area contributed by atoms with Crippen LogP contribution in [0.25, 0.3) is 0 Å². The zero-order valence-electron chi connectivity index (χ0n) is 13.7. The molecule has 2 aromatic rings. The Morgan fingerprint density at radius 3 is 2.27 bits per heavy atom. The van der Waals surface area contributed by atoms with Crippen molar-refractivity contribution in [3.8, 4) is 5.75 Å². The number of halogens is 1. The highest BCUT2D eigenvalue weighted by molar-refractivity contribution is 9.10. The van der Waals surface area contributed by atoms with E-state index in [1.807, 2.05) is 52.0 Å². The molecule has 22 heavy (non-hydrogen) atoms. The van der Waals surface area contributed by atoms with Gasteiger partial charge >= 0.3 is 0 Å². The van der Waals surface area contributed by atoms with Gasteiger partial charge in [-0.3, -0.25) is 0 Å². The molecule has 4 nitrogen and oxygen atoms in total. The molecule has 0 N–H and O–H groups in total. The minimum Gasteiger partial charge on any atom is -0.491 e. The summed E-state index contributed by atoms with van der Waals surface area (Å²) in [5.41, 5.74) is 2.97. The molecule has 0 unspecified atom stereocenters. The third-order valence-electron chi connectivity index (χ3n) is 3.11. The maximum atomic E-state index is 5.73. The molecule has 0 radical (unpaired) electrons. The van der Waals surface area contributed by atoms with Crippen LogP contribution in [0.1, 0.15) is 32.2 Å². The minimum absolute atomic E-state index is 0.155. The molecule has 0 aliphatic carbocycles.